The zero-order valence-electron chi connectivity index (χ0n) is 11.4. The first kappa shape index (κ1) is 14.4. The Bertz CT molecular complexity index is 390. The number of amides is 1. The van der Waals surface area contributed by atoms with Crippen LogP contribution in [0.3, 0.4) is 0 Å². The molecule has 0 fully saturated rings. The molecule has 1 atom stereocenters. The summed E-state index contributed by atoms with van der Waals surface area (Å²) >= 11 is 0. The SMILES string of the molecule is COc1ccccc1OCC(=O)N[C@@H](C)C(C)C. The number of hydrogen-bond donors (Lipinski definition) is 1. The van der Waals surface area contributed by atoms with Crippen LogP contribution in [0.1, 0.15) is 20.8 Å². The summed E-state index contributed by atoms with van der Waals surface area (Å²) in [5.41, 5.74) is 0. The number of nitrogens with one attached hydrogen (secondary N) is 1. The second-order valence-electron chi connectivity index (χ2n) is 4.54. The molecule has 0 radical (unpaired) electrons. The van der Waals surface area contributed by atoms with E-state index in [9.17, 15) is 4.79 Å². The van der Waals surface area contributed by atoms with Crippen LogP contribution in [0.15, 0.2) is 24.3 Å². The molecule has 0 unspecified atom stereocenters. The Morgan fingerprint density at radius 3 is 2.39 bits per heavy atom. The van der Waals surface area contributed by atoms with Crippen molar-refractivity contribution in [3.05, 3.63) is 24.3 Å². The minimum absolute atomic E-state index is 0.00255. The van der Waals surface area contributed by atoms with Crippen molar-refractivity contribution in [3.63, 3.8) is 0 Å². The summed E-state index contributed by atoms with van der Waals surface area (Å²) in [5.74, 6) is 1.48. The molecule has 0 spiro atoms. The van der Waals surface area contributed by atoms with Crippen molar-refractivity contribution >= 4 is 5.91 Å². The van der Waals surface area contributed by atoms with Gasteiger partial charge in [0.1, 0.15) is 0 Å². The lowest BCUT2D eigenvalue weighted by Gasteiger charge is -2.17. The molecule has 1 N–H and O–H groups in total. The molecule has 4 nitrogen and oxygen atoms in total. The molecule has 1 aromatic carbocycles. The maximum Gasteiger partial charge on any atom is 0.258 e. The van der Waals surface area contributed by atoms with Crippen molar-refractivity contribution in [1.82, 2.24) is 5.32 Å². The summed E-state index contributed by atoms with van der Waals surface area (Å²) in [4.78, 5) is 11.7. The molecule has 0 heterocycles. The van der Waals surface area contributed by atoms with Crippen LogP contribution in [0.25, 0.3) is 0 Å². The van der Waals surface area contributed by atoms with Crippen LogP contribution in [-0.2, 0) is 4.79 Å². The second-order valence-corrected chi connectivity index (χ2v) is 4.54. The first-order valence-corrected chi connectivity index (χ1v) is 6.09. The topological polar surface area (TPSA) is 47.6 Å². The summed E-state index contributed by atoms with van der Waals surface area (Å²) in [6.07, 6.45) is 0. The van der Waals surface area contributed by atoms with E-state index in [1.165, 1.54) is 0 Å². The van der Waals surface area contributed by atoms with Gasteiger partial charge in [0.15, 0.2) is 18.1 Å². The van der Waals surface area contributed by atoms with Gasteiger partial charge in [0.05, 0.1) is 7.11 Å². The van der Waals surface area contributed by atoms with E-state index in [1.807, 2.05) is 19.1 Å². The van der Waals surface area contributed by atoms with Gasteiger partial charge in [-0.3, -0.25) is 4.79 Å². The maximum absolute atomic E-state index is 11.7. The molecule has 1 aromatic rings. The summed E-state index contributed by atoms with van der Waals surface area (Å²) in [6.45, 7) is 6.10. The Morgan fingerprint density at radius 1 is 1.22 bits per heavy atom. The molecule has 0 aliphatic heterocycles. The number of rotatable bonds is 6. The Kier molecular flexibility index (Phi) is 5.49. The summed E-state index contributed by atoms with van der Waals surface area (Å²) in [6, 6.07) is 7.40. The molecule has 4 heteroatoms. The fraction of sp³-hybridized carbons (Fsp3) is 0.500. The lowest BCUT2D eigenvalue weighted by atomic mass is 10.1. The van der Waals surface area contributed by atoms with Gasteiger partial charge in [0, 0.05) is 6.04 Å². The van der Waals surface area contributed by atoms with E-state index >= 15 is 0 Å². The van der Waals surface area contributed by atoms with Gasteiger partial charge in [0.2, 0.25) is 0 Å². The smallest absolute Gasteiger partial charge is 0.258 e. The average molecular weight is 251 g/mol. The van der Waals surface area contributed by atoms with Crippen molar-refractivity contribution in [2.75, 3.05) is 13.7 Å². The fourth-order valence-electron chi connectivity index (χ4n) is 1.34. The van der Waals surface area contributed by atoms with Crippen molar-refractivity contribution in [2.45, 2.75) is 26.8 Å². The van der Waals surface area contributed by atoms with Gasteiger partial charge in [-0.15, -0.1) is 0 Å². The minimum atomic E-state index is -0.123. The van der Waals surface area contributed by atoms with Gasteiger partial charge >= 0.3 is 0 Å². The number of hydrogen-bond acceptors (Lipinski definition) is 3. The molecule has 0 bridgehead atoms. The van der Waals surface area contributed by atoms with E-state index < -0.39 is 0 Å². The molecule has 0 aliphatic rings. The zero-order valence-corrected chi connectivity index (χ0v) is 11.4. The van der Waals surface area contributed by atoms with Crippen molar-refractivity contribution < 1.29 is 14.3 Å². The lowest BCUT2D eigenvalue weighted by molar-refractivity contribution is -0.124. The monoisotopic (exact) mass is 251 g/mol. The quantitative estimate of drug-likeness (QED) is 0.843. The molecule has 1 rings (SSSR count). The third kappa shape index (κ3) is 4.28. The highest BCUT2D eigenvalue weighted by Crippen LogP contribution is 2.25. The molecular weight excluding hydrogens is 230 g/mol. The largest absolute Gasteiger partial charge is 0.493 e. The Hall–Kier alpha value is -1.71. The van der Waals surface area contributed by atoms with E-state index in [2.05, 4.69) is 19.2 Å². The van der Waals surface area contributed by atoms with Crippen LogP contribution in [-0.4, -0.2) is 25.7 Å². The molecule has 100 valence electrons. The van der Waals surface area contributed by atoms with Gasteiger partial charge in [-0.05, 0) is 25.0 Å². The standard InChI is InChI=1S/C14H21NO3/c1-10(2)11(3)15-14(16)9-18-13-8-6-5-7-12(13)17-4/h5-8,10-11H,9H2,1-4H3,(H,15,16)/t11-/m0/s1. The predicted molar refractivity (Wildman–Crippen MR) is 70.9 cm³/mol. The van der Waals surface area contributed by atoms with E-state index in [4.69, 9.17) is 9.47 Å². The number of benzene rings is 1. The minimum Gasteiger partial charge on any atom is -0.493 e. The fourth-order valence-corrected chi connectivity index (χ4v) is 1.34. The molecule has 0 aromatic heterocycles. The summed E-state index contributed by atoms with van der Waals surface area (Å²) in [5, 5.41) is 2.88. The van der Waals surface area contributed by atoms with Crippen LogP contribution in [0.5, 0.6) is 11.5 Å². The van der Waals surface area contributed by atoms with Crippen LogP contribution in [0.4, 0.5) is 0 Å². The van der Waals surface area contributed by atoms with Gasteiger partial charge in [-0.1, -0.05) is 26.0 Å². The van der Waals surface area contributed by atoms with Crippen molar-refractivity contribution in [3.8, 4) is 11.5 Å². The predicted octanol–water partition coefficient (Wildman–Crippen LogP) is 2.23. The zero-order chi connectivity index (χ0) is 13.5. The maximum atomic E-state index is 11.7. The normalized spacial score (nSPS) is 12.1. The Morgan fingerprint density at radius 2 is 1.83 bits per heavy atom. The second kappa shape index (κ2) is 6.89. The molecule has 1 amide bonds. The van der Waals surface area contributed by atoms with Crippen LogP contribution in [0.2, 0.25) is 0 Å². The number of methoxy groups -OCH3 is 1. The van der Waals surface area contributed by atoms with Crippen LogP contribution in [0, 0.1) is 5.92 Å². The van der Waals surface area contributed by atoms with E-state index in [0.717, 1.165) is 0 Å². The number of carbonyl (C=O) groups is 1. The highest BCUT2D eigenvalue weighted by molar-refractivity contribution is 5.77. The highest BCUT2D eigenvalue weighted by atomic mass is 16.5. The van der Waals surface area contributed by atoms with Crippen LogP contribution >= 0.6 is 0 Å². The highest BCUT2D eigenvalue weighted by Gasteiger charge is 2.12. The van der Waals surface area contributed by atoms with Crippen molar-refractivity contribution in [1.29, 1.82) is 0 Å². The van der Waals surface area contributed by atoms with E-state index in [0.29, 0.717) is 17.4 Å². The number of para-hydroxylation sites is 2. The lowest BCUT2D eigenvalue weighted by Crippen LogP contribution is -2.38. The summed E-state index contributed by atoms with van der Waals surface area (Å²) in [7, 11) is 1.57. The van der Waals surface area contributed by atoms with Gasteiger partial charge in [-0.25, -0.2) is 0 Å². The van der Waals surface area contributed by atoms with E-state index in [1.54, 1.807) is 19.2 Å². The van der Waals surface area contributed by atoms with Crippen molar-refractivity contribution in [2.24, 2.45) is 5.92 Å². The number of ether oxygens (including phenoxy) is 2. The Labute approximate surface area is 108 Å². The van der Waals surface area contributed by atoms with E-state index in [-0.39, 0.29) is 18.6 Å². The first-order valence-electron chi connectivity index (χ1n) is 6.09. The summed E-state index contributed by atoms with van der Waals surface area (Å²) < 4.78 is 10.6. The molecule has 0 saturated heterocycles. The third-order valence-electron chi connectivity index (χ3n) is 2.82. The average Bonchev–Trinajstić information content (AvgIpc) is 2.36. The number of carbonyl (C=O) groups excluding carboxylic acids is 1. The van der Waals surface area contributed by atoms with Gasteiger partial charge < -0.3 is 14.8 Å². The Balaban J connectivity index is 2.47. The molecule has 18 heavy (non-hydrogen) atoms. The van der Waals surface area contributed by atoms with Gasteiger partial charge in [-0.2, -0.15) is 0 Å². The van der Waals surface area contributed by atoms with Gasteiger partial charge in [0.25, 0.3) is 5.91 Å². The molecular formula is C14H21NO3. The van der Waals surface area contributed by atoms with Crippen LogP contribution < -0.4 is 14.8 Å². The molecule has 0 saturated carbocycles. The first-order chi connectivity index (χ1) is 8.54. The molecule has 0 aliphatic carbocycles. The third-order valence-corrected chi connectivity index (χ3v) is 2.82.